The molecule has 0 amide bonds. The summed E-state index contributed by atoms with van der Waals surface area (Å²) in [7, 11) is 0. The highest BCUT2D eigenvalue weighted by Crippen LogP contribution is 2.36. The summed E-state index contributed by atoms with van der Waals surface area (Å²) in [5, 5.41) is 4.39. The summed E-state index contributed by atoms with van der Waals surface area (Å²) in [6.45, 7) is 4.31. The molecule has 0 bridgehead atoms. The Balaban J connectivity index is 1.79. The lowest BCUT2D eigenvalue weighted by molar-refractivity contribution is 0.0209. The van der Waals surface area contributed by atoms with Gasteiger partial charge in [-0.15, -0.1) is 0 Å². The van der Waals surface area contributed by atoms with Gasteiger partial charge in [0.25, 0.3) is 0 Å². The third kappa shape index (κ3) is 2.78. The predicted octanol–water partition coefficient (Wildman–Crippen LogP) is 2.84. The molecule has 1 saturated carbocycles. The fourth-order valence-electron chi connectivity index (χ4n) is 3.57. The number of pyridine rings is 1. The quantitative estimate of drug-likeness (QED) is 0.902. The zero-order chi connectivity index (χ0) is 13.1. The largest absolute Gasteiger partial charge is 0.314 e. The van der Waals surface area contributed by atoms with Crippen molar-refractivity contribution in [3.8, 4) is 0 Å². The lowest BCUT2D eigenvalue weighted by Gasteiger charge is -2.50. The molecule has 2 aliphatic rings. The number of rotatable bonds is 2. The van der Waals surface area contributed by atoms with Gasteiger partial charge in [-0.2, -0.15) is 0 Å². The SMILES string of the molecule is Clc1cnccc1CN1CCNCC12CCCCC2. The van der Waals surface area contributed by atoms with Gasteiger partial charge in [0, 0.05) is 44.1 Å². The summed E-state index contributed by atoms with van der Waals surface area (Å²) in [5.74, 6) is 0. The van der Waals surface area contributed by atoms with Crippen LogP contribution in [-0.4, -0.2) is 35.1 Å². The Morgan fingerprint density at radius 1 is 1.32 bits per heavy atom. The van der Waals surface area contributed by atoms with Crippen LogP contribution in [0, 0.1) is 0 Å². The van der Waals surface area contributed by atoms with Crippen molar-refractivity contribution in [1.29, 1.82) is 0 Å². The normalized spacial score (nSPS) is 23.6. The van der Waals surface area contributed by atoms with Gasteiger partial charge < -0.3 is 5.32 Å². The molecular formula is C15H22ClN3. The van der Waals surface area contributed by atoms with Crippen LogP contribution in [-0.2, 0) is 6.54 Å². The van der Waals surface area contributed by atoms with E-state index < -0.39 is 0 Å². The highest BCUT2D eigenvalue weighted by Gasteiger charge is 2.39. The molecular weight excluding hydrogens is 258 g/mol. The highest BCUT2D eigenvalue weighted by atomic mass is 35.5. The maximum absolute atomic E-state index is 6.27. The first-order chi connectivity index (χ1) is 9.30. The van der Waals surface area contributed by atoms with Crippen LogP contribution < -0.4 is 5.32 Å². The van der Waals surface area contributed by atoms with Gasteiger partial charge >= 0.3 is 0 Å². The second kappa shape index (κ2) is 5.78. The summed E-state index contributed by atoms with van der Waals surface area (Å²) < 4.78 is 0. The fourth-order valence-corrected chi connectivity index (χ4v) is 3.75. The first kappa shape index (κ1) is 13.3. The van der Waals surface area contributed by atoms with Gasteiger partial charge in [-0.05, 0) is 24.5 Å². The molecule has 2 heterocycles. The molecule has 1 aliphatic heterocycles. The lowest BCUT2D eigenvalue weighted by Crippen LogP contribution is -2.61. The number of hydrogen-bond donors (Lipinski definition) is 1. The number of nitrogens with one attached hydrogen (secondary N) is 1. The summed E-state index contributed by atoms with van der Waals surface area (Å²) in [6.07, 6.45) is 10.4. The van der Waals surface area contributed by atoms with Crippen molar-refractivity contribution < 1.29 is 0 Å². The maximum Gasteiger partial charge on any atom is 0.0634 e. The molecule has 1 saturated heterocycles. The van der Waals surface area contributed by atoms with Crippen molar-refractivity contribution in [2.24, 2.45) is 0 Å². The molecule has 1 N–H and O–H groups in total. The van der Waals surface area contributed by atoms with Gasteiger partial charge in [-0.1, -0.05) is 30.9 Å². The Hall–Kier alpha value is -0.640. The number of aromatic nitrogens is 1. The van der Waals surface area contributed by atoms with Crippen LogP contribution in [0.2, 0.25) is 5.02 Å². The first-order valence-corrected chi connectivity index (χ1v) is 7.72. The van der Waals surface area contributed by atoms with E-state index >= 15 is 0 Å². The minimum absolute atomic E-state index is 0.364. The zero-order valence-corrected chi connectivity index (χ0v) is 12.1. The molecule has 0 unspecified atom stereocenters. The molecule has 2 fully saturated rings. The number of halogens is 1. The molecule has 1 aliphatic carbocycles. The Labute approximate surface area is 120 Å². The minimum atomic E-state index is 0.364. The molecule has 1 aromatic heterocycles. The average molecular weight is 280 g/mol. The van der Waals surface area contributed by atoms with Crippen LogP contribution in [0.15, 0.2) is 18.5 Å². The smallest absolute Gasteiger partial charge is 0.0634 e. The van der Waals surface area contributed by atoms with Crippen LogP contribution in [0.1, 0.15) is 37.7 Å². The highest BCUT2D eigenvalue weighted by molar-refractivity contribution is 6.31. The second-order valence-electron chi connectivity index (χ2n) is 5.85. The Bertz CT molecular complexity index is 421. The minimum Gasteiger partial charge on any atom is -0.314 e. The van der Waals surface area contributed by atoms with Gasteiger partial charge in [-0.25, -0.2) is 0 Å². The van der Waals surface area contributed by atoms with Crippen LogP contribution in [0.5, 0.6) is 0 Å². The Kier molecular flexibility index (Phi) is 4.06. The molecule has 1 spiro atoms. The van der Waals surface area contributed by atoms with Gasteiger partial charge in [0.15, 0.2) is 0 Å². The van der Waals surface area contributed by atoms with Crippen molar-refractivity contribution in [2.75, 3.05) is 19.6 Å². The predicted molar refractivity (Wildman–Crippen MR) is 78.3 cm³/mol. The summed E-state index contributed by atoms with van der Waals surface area (Å²) in [6, 6.07) is 2.06. The molecule has 4 heteroatoms. The summed E-state index contributed by atoms with van der Waals surface area (Å²) in [4.78, 5) is 6.74. The van der Waals surface area contributed by atoms with E-state index in [9.17, 15) is 0 Å². The van der Waals surface area contributed by atoms with Gasteiger partial charge in [0.1, 0.15) is 0 Å². The Morgan fingerprint density at radius 3 is 2.95 bits per heavy atom. The first-order valence-electron chi connectivity index (χ1n) is 7.34. The van der Waals surface area contributed by atoms with Gasteiger partial charge in [0.05, 0.1) is 5.02 Å². The van der Waals surface area contributed by atoms with E-state index in [4.69, 9.17) is 11.6 Å². The van der Waals surface area contributed by atoms with Crippen molar-refractivity contribution in [3.05, 3.63) is 29.0 Å². The van der Waals surface area contributed by atoms with Gasteiger partial charge in [-0.3, -0.25) is 9.88 Å². The molecule has 0 atom stereocenters. The van der Waals surface area contributed by atoms with Crippen molar-refractivity contribution in [2.45, 2.75) is 44.2 Å². The van der Waals surface area contributed by atoms with Crippen LogP contribution in [0.4, 0.5) is 0 Å². The van der Waals surface area contributed by atoms with E-state index in [1.165, 1.54) is 37.7 Å². The third-order valence-corrected chi connectivity index (χ3v) is 5.03. The zero-order valence-electron chi connectivity index (χ0n) is 11.4. The van der Waals surface area contributed by atoms with Crippen LogP contribution in [0.25, 0.3) is 0 Å². The topological polar surface area (TPSA) is 28.2 Å². The second-order valence-corrected chi connectivity index (χ2v) is 6.26. The van der Waals surface area contributed by atoms with E-state index in [0.717, 1.165) is 31.2 Å². The lowest BCUT2D eigenvalue weighted by atomic mass is 9.79. The van der Waals surface area contributed by atoms with Crippen molar-refractivity contribution in [3.63, 3.8) is 0 Å². The molecule has 0 radical (unpaired) electrons. The number of piperazine rings is 1. The monoisotopic (exact) mass is 279 g/mol. The van der Waals surface area contributed by atoms with Gasteiger partial charge in [0.2, 0.25) is 0 Å². The van der Waals surface area contributed by atoms with E-state index in [1.54, 1.807) is 6.20 Å². The third-order valence-electron chi connectivity index (χ3n) is 4.69. The van der Waals surface area contributed by atoms with Crippen LogP contribution >= 0.6 is 11.6 Å². The molecule has 3 nitrogen and oxygen atoms in total. The summed E-state index contributed by atoms with van der Waals surface area (Å²) >= 11 is 6.27. The average Bonchev–Trinajstić information content (AvgIpc) is 2.45. The van der Waals surface area contributed by atoms with Crippen LogP contribution in [0.3, 0.4) is 0 Å². The maximum atomic E-state index is 6.27. The molecule has 19 heavy (non-hydrogen) atoms. The van der Waals surface area contributed by atoms with E-state index in [-0.39, 0.29) is 0 Å². The summed E-state index contributed by atoms with van der Waals surface area (Å²) in [5.41, 5.74) is 1.58. The molecule has 104 valence electrons. The van der Waals surface area contributed by atoms with Crippen molar-refractivity contribution in [1.82, 2.24) is 15.2 Å². The van der Waals surface area contributed by atoms with E-state index in [2.05, 4.69) is 21.3 Å². The fraction of sp³-hybridized carbons (Fsp3) is 0.667. The Morgan fingerprint density at radius 2 is 2.16 bits per heavy atom. The van der Waals surface area contributed by atoms with E-state index in [1.807, 2.05) is 6.20 Å². The van der Waals surface area contributed by atoms with Crippen molar-refractivity contribution >= 4 is 11.6 Å². The standard InChI is InChI=1S/C15H22ClN3/c16-14-10-17-7-4-13(14)11-19-9-8-18-12-15(19)5-2-1-3-6-15/h4,7,10,18H,1-3,5-6,8-9,11-12H2. The molecule has 3 rings (SSSR count). The number of nitrogens with zero attached hydrogens (tertiary/aromatic N) is 2. The van der Waals surface area contributed by atoms with E-state index in [0.29, 0.717) is 5.54 Å². The number of hydrogen-bond acceptors (Lipinski definition) is 3. The molecule has 0 aromatic carbocycles. The molecule has 1 aromatic rings.